The van der Waals surface area contributed by atoms with Gasteiger partial charge in [0.15, 0.2) is 0 Å². The molecule has 132 valence electrons. The van der Waals surface area contributed by atoms with Crippen molar-refractivity contribution in [3.8, 4) is 17.2 Å². The van der Waals surface area contributed by atoms with Gasteiger partial charge in [-0.15, -0.1) is 0 Å². The molecule has 5 nitrogen and oxygen atoms in total. The predicted octanol–water partition coefficient (Wildman–Crippen LogP) is 3.32. The number of ether oxygens (including phenoxy) is 2. The van der Waals surface area contributed by atoms with Crippen molar-refractivity contribution in [2.45, 2.75) is 25.3 Å². The Kier molecular flexibility index (Phi) is 5.12. The zero-order chi connectivity index (χ0) is 17.8. The van der Waals surface area contributed by atoms with Crippen molar-refractivity contribution in [2.75, 3.05) is 20.8 Å². The highest BCUT2D eigenvalue weighted by Crippen LogP contribution is 2.38. The Morgan fingerprint density at radius 2 is 1.92 bits per heavy atom. The highest BCUT2D eigenvalue weighted by atomic mass is 16.5. The van der Waals surface area contributed by atoms with Crippen molar-refractivity contribution in [1.29, 1.82) is 0 Å². The fourth-order valence-electron chi connectivity index (χ4n) is 3.37. The van der Waals surface area contributed by atoms with Gasteiger partial charge in [0.1, 0.15) is 17.2 Å². The third-order valence-electron chi connectivity index (χ3n) is 4.66. The van der Waals surface area contributed by atoms with Gasteiger partial charge in [0.2, 0.25) is 5.91 Å². The zero-order valence-electron chi connectivity index (χ0n) is 14.6. The average molecular weight is 341 g/mol. The van der Waals surface area contributed by atoms with Crippen LogP contribution in [0.5, 0.6) is 17.2 Å². The van der Waals surface area contributed by atoms with Crippen LogP contribution in [-0.2, 0) is 11.2 Å². The van der Waals surface area contributed by atoms with E-state index in [9.17, 15) is 9.90 Å². The van der Waals surface area contributed by atoms with Crippen LogP contribution in [-0.4, -0.2) is 36.7 Å². The Hall–Kier alpha value is -2.69. The summed E-state index contributed by atoms with van der Waals surface area (Å²) in [4.78, 5) is 14.7. The lowest BCUT2D eigenvalue weighted by molar-refractivity contribution is -0.131. The minimum Gasteiger partial charge on any atom is -0.508 e. The number of likely N-dealkylation sites (tertiary alicyclic amines) is 1. The van der Waals surface area contributed by atoms with Crippen LogP contribution in [0, 0.1) is 0 Å². The summed E-state index contributed by atoms with van der Waals surface area (Å²) in [6.07, 6.45) is 2.22. The molecule has 1 saturated heterocycles. The number of hydrogen-bond acceptors (Lipinski definition) is 4. The summed E-state index contributed by atoms with van der Waals surface area (Å²) in [5, 5.41) is 9.37. The van der Waals surface area contributed by atoms with Gasteiger partial charge in [0, 0.05) is 18.2 Å². The van der Waals surface area contributed by atoms with E-state index in [-0.39, 0.29) is 17.7 Å². The molecule has 2 aromatic carbocycles. The van der Waals surface area contributed by atoms with Gasteiger partial charge in [-0.1, -0.05) is 12.1 Å². The maximum atomic E-state index is 12.8. The molecule has 1 amide bonds. The van der Waals surface area contributed by atoms with E-state index in [0.717, 1.165) is 42.0 Å². The summed E-state index contributed by atoms with van der Waals surface area (Å²) in [5.41, 5.74) is 1.91. The fraction of sp³-hybridized carbons (Fsp3) is 0.350. The van der Waals surface area contributed by atoms with Gasteiger partial charge in [-0.3, -0.25) is 4.79 Å². The van der Waals surface area contributed by atoms with Crippen LogP contribution in [0.1, 0.15) is 30.0 Å². The quantitative estimate of drug-likeness (QED) is 0.906. The van der Waals surface area contributed by atoms with Gasteiger partial charge < -0.3 is 19.5 Å². The number of nitrogens with zero attached hydrogens (tertiary/aromatic N) is 1. The van der Waals surface area contributed by atoms with Gasteiger partial charge >= 0.3 is 0 Å². The van der Waals surface area contributed by atoms with Crippen molar-refractivity contribution in [1.82, 2.24) is 4.90 Å². The van der Waals surface area contributed by atoms with Gasteiger partial charge in [-0.05, 0) is 42.7 Å². The molecule has 2 aromatic rings. The number of phenolic OH excluding ortho intramolecular Hbond substituents is 1. The van der Waals surface area contributed by atoms with Crippen LogP contribution in [0.25, 0.3) is 0 Å². The third kappa shape index (κ3) is 3.71. The Labute approximate surface area is 147 Å². The van der Waals surface area contributed by atoms with Gasteiger partial charge in [0.25, 0.3) is 0 Å². The van der Waals surface area contributed by atoms with Crippen molar-refractivity contribution < 1.29 is 19.4 Å². The monoisotopic (exact) mass is 341 g/mol. The molecule has 0 saturated carbocycles. The van der Waals surface area contributed by atoms with E-state index in [1.54, 1.807) is 38.5 Å². The largest absolute Gasteiger partial charge is 0.508 e. The first-order valence-electron chi connectivity index (χ1n) is 8.41. The average Bonchev–Trinajstić information content (AvgIpc) is 3.12. The second kappa shape index (κ2) is 7.47. The zero-order valence-corrected chi connectivity index (χ0v) is 14.6. The molecule has 1 N–H and O–H groups in total. The molecule has 1 atom stereocenters. The molecule has 1 aliphatic heterocycles. The third-order valence-corrected chi connectivity index (χ3v) is 4.66. The first-order chi connectivity index (χ1) is 12.1. The van der Waals surface area contributed by atoms with Crippen LogP contribution in [0.15, 0.2) is 42.5 Å². The SMILES string of the molecule is COc1ccc(C2CCCN2C(=O)Cc2ccc(O)cc2)c(OC)c1. The molecule has 0 spiro atoms. The number of amides is 1. The lowest BCUT2D eigenvalue weighted by Gasteiger charge is -2.26. The first-order valence-corrected chi connectivity index (χ1v) is 8.41. The van der Waals surface area contributed by atoms with Crippen LogP contribution in [0.2, 0.25) is 0 Å². The molecule has 25 heavy (non-hydrogen) atoms. The fourth-order valence-corrected chi connectivity index (χ4v) is 3.37. The molecule has 0 aliphatic carbocycles. The summed E-state index contributed by atoms with van der Waals surface area (Å²) < 4.78 is 10.8. The number of benzene rings is 2. The maximum Gasteiger partial charge on any atom is 0.227 e. The van der Waals surface area contributed by atoms with E-state index in [4.69, 9.17) is 9.47 Å². The predicted molar refractivity (Wildman–Crippen MR) is 95.0 cm³/mol. The van der Waals surface area contributed by atoms with Crippen molar-refractivity contribution >= 4 is 5.91 Å². The number of hydrogen-bond donors (Lipinski definition) is 1. The lowest BCUT2D eigenvalue weighted by Crippen LogP contribution is -2.32. The summed E-state index contributed by atoms with van der Waals surface area (Å²) in [6, 6.07) is 12.5. The smallest absolute Gasteiger partial charge is 0.227 e. The minimum atomic E-state index is 0.0190. The molecule has 1 fully saturated rings. The second-order valence-corrected chi connectivity index (χ2v) is 6.20. The Balaban J connectivity index is 1.80. The number of rotatable bonds is 5. The molecular formula is C20H23NO4. The van der Waals surface area contributed by atoms with Crippen LogP contribution in [0.4, 0.5) is 0 Å². The molecule has 0 bridgehead atoms. The highest BCUT2D eigenvalue weighted by Gasteiger charge is 2.31. The molecule has 1 unspecified atom stereocenters. The molecular weight excluding hydrogens is 318 g/mol. The van der Waals surface area contributed by atoms with Gasteiger partial charge in [0.05, 0.1) is 26.7 Å². The first kappa shape index (κ1) is 17.1. The van der Waals surface area contributed by atoms with E-state index >= 15 is 0 Å². The summed E-state index contributed by atoms with van der Waals surface area (Å²) in [5.74, 6) is 1.78. The van der Waals surface area contributed by atoms with Crippen LogP contribution < -0.4 is 9.47 Å². The molecule has 1 heterocycles. The second-order valence-electron chi connectivity index (χ2n) is 6.20. The summed E-state index contributed by atoms with van der Waals surface area (Å²) >= 11 is 0. The number of phenols is 1. The molecule has 3 rings (SSSR count). The number of methoxy groups -OCH3 is 2. The molecule has 0 aromatic heterocycles. The maximum absolute atomic E-state index is 12.8. The Bertz CT molecular complexity index is 742. The molecule has 0 radical (unpaired) electrons. The van der Waals surface area contributed by atoms with Crippen molar-refractivity contribution in [3.63, 3.8) is 0 Å². The number of carbonyl (C=O) groups excluding carboxylic acids is 1. The number of carbonyl (C=O) groups is 1. The van der Waals surface area contributed by atoms with E-state index in [1.165, 1.54) is 0 Å². The highest BCUT2D eigenvalue weighted by molar-refractivity contribution is 5.79. The Morgan fingerprint density at radius 1 is 1.16 bits per heavy atom. The molecule has 1 aliphatic rings. The lowest BCUT2D eigenvalue weighted by atomic mass is 10.0. The van der Waals surface area contributed by atoms with Gasteiger partial charge in [-0.25, -0.2) is 0 Å². The van der Waals surface area contributed by atoms with Crippen LogP contribution in [0.3, 0.4) is 0 Å². The summed E-state index contributed by atoms with van der Waals surface area (Å²) in [6.45, 7) is 0.747. The van der Waals surface area contributed by atoms with E-state index in [1.807, 2.05) is 23.1 Å². The Morgan fingerprint density at radius 3 is 2.60 bits per heavy atom. The minimum absolute atomic E-state index is 0.0190. The summed E-state index contributed by atoms with van der Waals surface area (Å²) in [7, 11) is 3.26. The van der Waals surface area contributed by atoms with E-state index < -0.39 is 0 Å². The van der Waals surface area contributed by atoms with Crippen molar-refractivity contribution in [2.24, 2.45) is 0 Å². The topological polar surface area (TPSA) is 59.0 Å². The van der Waals surface area contributed by atoms with Gasteiger partial charge in [-0.2, -0.15) is 0 Å². The van der Waals surface area contributed by atoms with E-state index in [0.29, 0.717) is 6.42 Å². The standard InChI is InChI=1S/C20H23NO4/c1-24-16-9-10-17(19(13-16)25-2)18-4-3-11-21(18)20(23)12-14-5-7-15(22)8-6-14/h5-10,13,18,22H,3-4,11-12H2,1-2H3. The number of aromatic hydroxyl groups is 1. The van der Waals surface area contributed by atoms with E-state index in [2.05, 4.69) is 0 Å². The van der Waals surface area contributed by atoms with Crippen LogP contribution >= 0.6 is 0 Å². The van der Waals surface area contributed by atoms with Crippen molar-refractivity contribution in [3.05, 3.63) is 53.6 Å². The normalized spacial score (nSPS) is 16.7. The molecule has 5 heteroatoms.